The molecule has 0 unspecified atom stereocenters. The summed E-state index contributed by atoms with van der Waals surface area (Å²) in [4.78, 5) is 20.9. The van der Waals surface area contributed by atoms with Gasteiger partial charge in [-0.1, -0.05) is 0 Å². The third-order valence-corrected chi connectivity index (χ3v) is 5.30. The molecule has 1 N–H and O–H groups in total. The maximum absolute atomic E-state index is 12.6. The van der Waals surface area contributed by atoms with Gasteiger partial charge in [-0.25, -0.2) is 9.78 Å². The van der Waals surface area contributed by atoms with Crippen molar-refractivity contribution in [3.8, 4) is 6.07 Å². The van der Waals surface area contributed by atoms with E-state index < -0.39 is 0 Å². The predicted octanol–water partition coefficient (Wildman–Crippen LogP) is 1.77. The number of aryl methyl sites for hydroxylation is 2. The van der Waals surface area contributed by atoms with Crippen molar-refractivity contribution < 1.29 is 4.79 Å². The lowest BCUT2D eigenvalue weighted by molar-refractivity contribution is 0.201. The average Bonchev–Trinajstić information content (AvgIpc) is 2.88. The molecule has 148 valence electrons. The van der Waals surface area contributed by atoms with Crippen LogP contribution in [0.5, 0.6) is 0 Å². The first-order valence-corrected chi connectivity index (χ1v) is 9.63. The van der Waals surface area contributed by atoms with Crippen molar-refractivity contribution in [2.45, 2.75) is 26.7 Å². The van der Waals surface area contributed by atoms with E-state index in [1.54, 1.807) is 18.3 Å². The number of hydrogen-bond acceptors (Lipinski definition) is 5. The van der Waals surface area contributed by atoms with Crippen LogP contribution in [0, 0.1) is 25.2 Å². The number of anilines is 1. The van der Waals surface area contributed by atoms with Crippen LogP contribution in [-0.4, -0.2) is 58.4 Å². The fourth-order valence-electron chi connectivity index (χ4n) is 3.65. The van der Waals surface area contributed by atoms with Crippen LogP contribution in [0.4, 0.5) is 10.6 Å². The van der Waals surface area contributed by atoms with Gasteiger partial charge in [0.15, 0.2) is 0 Å². The molecule has 1 saturated heterocycles. The van der Waals surface area contributed by atoms with E-state index in [4.69, 9.17) is 0 Å². The van der Waals surface area contributed by atoms with Gasteiger partial charge in [0, 0.05) is 51.7 Å². The van der Waals surface area contributed by atoms with E-state index in [0.717, 1.165) is 30.8 Å². The highest BCUT2D eigenvalue weighted by Gasteiger charge is 2.21. The molecule has 28 heavy (non-hydrogen) atoms. The molecule has 0 radical (unpaired) electrons. The van der Waals surface area contributed by atoms with E-state index in [-0.39, 0.29) is 6.03 Å². The number of nitrogens with one attached hydrogen (secondary N) is 1. The Morgan fingerprint density at radius 1 is 1.29 bits per heavy atom. The van der Waals surface area contributed by atoms with Gasteiger partial charge in [0.1, 0.15) is 11.9 Å². The smallest absolute Gasteiger partial charge is 0.317 e. The summed E-state index contributed by atoms with van der Waals surface area (Å²) in [5.74, 6) is 0.704. The molecule has 1 aliphatic heterocycles. The molecule has 0 aliphatic carbocycles. The Morgan fingerprint density at radius 3 is 2.82 bits per heavy atom. The SMILES string of the molecule is Cc1nn(C)c(C)c1CCNC(=O)N1CCCN(c2ncccc2C#N)CC1. The van der Waals surface area contributed by atoms with Crippen LogP contribution >= 0.6 is 0 Å². The van der Waals surface area contributed by atoms with Crippen molar-refractivity contribution in [3.63, 3.8) is 0 Å². The second-order valence-electron chi connectivity index (χ2n) is 7.07. The zero-order valence-electron chi connectivity index (χ0n) is 16.8. The number of nitriles is 1. The summed E-state index contributed by atoms with van der Waals surface area (Å²) in [6.07, 6.45) is 3.32. The first-order chi connectivity index (χ1) is 13.5. The first kappa shape index (κ1) is 19.7. The number of urea groups is 1. The third kappa shape index (κ3) is 4.25. The van der Waals surface area contributed by atoms with Crippen LogP contribution in [0.2, 0.25) is 0 Å². The Bertz CT molecular complexity index is 883. The van der Waals surface area contributed by atoms with E-state index in [9.17, 15) is 10.1 Å². The van der Waals surface area contributed by atoms with Crippen LogP contribution in [0.1, 0.15) is 28.9 Å². The summed E-state index contributed by atoms with van der Waals surface area (Å²) in [6, 6.07) is 5.71. The zero-order valence-corrected chi connectivity index (χ0v) is 16.8. The van der Waals surface area contributed by atoms with Crippen molar-refractivity contribution in [2.75, 3.05) is 37.6 Å². The second kappa shape index (κ2) is 8.74. The number of nitrogens with zero attached hydrogens (tertiary/aromatic N) is 6. The molecule has 2 amide bonds. The Balaban J connectivity index is 1.54. The molecule has 2 aromatic heterocycles. The van der Waals surface area contributed by atoms with Gasteiger partial charge in [-0.05, 0) is 44.4 Å². The van der Waals surface area contributed by atoms with Crippen molar-refractivity contribution in [1.29, 1.82) is 5.26 Å². The lowest BCUT2D eigenvalue weighted by atomic mass is 10.1. The third-order valence-electron chi connectivity index (χ3n) is 5.30. The van der Waals surface area contributed by atoms with E-state index in [0.29, 0.717) is 37.6 Å². The highest BCUT2D eigenvalue weighted by Crippen LogP contribution is 2.18. The number of pyridine rings is 1. The molecule has 3 heterocycles. The number of aromatic nitrogens is 3. The minimum absolute atomic E-state index is 0.0393. The van der Waals surface area contributed by atoms with Crippen LogP contribution in [0.15, 0.2) is 18.3 Å². The maximum atomic E-state index is 12.6. The fourth-order valence-corrected chi connectivity index (χ4v) is 3.65. The van der Waals surface area contributed by atoms with Crippen LogP contribution in [-0.2, 0) is 13.5 Å². The van der Waals surface area contributed by atoms with Crippen molar-refractivity contribution in [3.05, 3.63) is 40.8 Å². The van der Waals surface area contributed by atoms with E-state index in [1.807, 2.05) is 30.5 Å². The van der Waals surface area contributed by atoms with Gasteiger partial charge >= 0.3 is 6.03 Å². The molecule has 8 nitrogen and oxygen atoms in total. The average molecular weight is 381 g/mol. The summed E-state index contributed by atoms with van der Waals surface area (Å²) >= 11 is 0. The van der Waals surface area contributed by atoms with Gasteiger partial charge in [-0.2, -0.15) is 10.4 Å². The summed E-state index contributed by atoms with van der Waals surface area (Å²) < 4.78 is 1.88. The monoisotopic (exact) mass is 381 g/mol. The first-order valence-electron chi connectivity index (χ1n) is 9.63. The highest BCUT2D eigenvalue weighted by molar-refractivity contribution is 5.74. The molecule has 3 rings (SSSR count). The Morgan fingerprint density at radius 2 is 2.11 bits per heavy atom. The number of carbonyl (C=O) groups is 1. The largest absolute Gasteiger partial charge is 0.354 e. The highest BCUT2D eigenvalue weighted by atomic mass is 16.2. The quantitative estimate of drug-likeness (QED) is 0.872. The molecular formula is C20H27N7O. The van der Waals surface area contributed by atoms with Crippen LogP contribution < -0.4 is 10.2 Å². The topological polar surface area (TPSA) is 90.1 Å². The molecule has 0 spiro atoms. The minimum Gasteiger partial charge on any atom is -0.354 e. The number of rotatable bonds is 4. The summed E-state index contributed by atoms with van der Waals surface area (Å²) in [5, 5.41) is 16.7. The van der Waals surface area contributed by atoms with Gasteiger partial charge in [0.2, 0.25) is 0 Å². The molecule has 8 heteroatoms. The summed E-state index contributed by atoms with van der Waals surface area (Å²) in [6.45, 7) is 7.39. The standard InChI is InChI=1S/C20H27N7O/c1-15-18(16(2)25(3)24-15)7-9-23-20(28)27-11-5-10-26(12-13-27)19-17(14-21)6-4-8-22-19/h4,6,8H,5,7,9-13H2,1-3H3,(H,23,28). The number of amides is 2. The van der Waals surface area contributed by atoms with Gasteiger partial charge < -0.3 is 15.1 Å². The molecule has 2 aromatic rings. The van der Waals surface area contributed by atoms with Gasteiger partial charge in [-0.3, -0.25) is 4.68 Å². The van der Waals surface area contributed by atoms with Crippen LogP contribution in [0.25, 0.3) is 0 Å². The molecule has 1 fully saturated rings. The molecule has 1 aliphatic rings. The van der Waals surface area contributed by atoms with Crippen molar-refractivity contribution in [2.24, 2.45) is 7.05 Å². The molecular weight excluding hydrogens is 354 g/mol. The summed E-state index contributed by atoms with van der Waals surface area (Å²) in [7, 11) is 1.94. The Labute approximate surface area is 165 Å². The normalized spacial score (nSPS) is 14.5. The van der Waals surface area contributed by atoms with E-state index in [2.05, 4.69) is 26.4 Å². The second-order valence-corrected chi connectivity index (χ2v) is 7.07. The minimum atomic E-state index is -0.0393. The fraction of sp³-hybridized carbons (Fsp3) is 0.500. The maximum Gasteiger partial charge on any atom is 0.317 e. The van der Waals surface area contributed by atoms with Gasteiger partial charge in [-0.15, -0.1) is 0 Å². The molecule has 0 bridgehead atoms. The number of carbonyl (C=O) groups excluding carboxylic acids is 1. The molecule has 0 saturated carbocycles. The number of hydrogen-bond donors (Lipinski definition) is 1. The van der Waals surface area contributed by atoms with E-state index >= 15 is 0 Å². The molecule has 0 atom stereocenters. The van der Waals surface area contributed by atoms with Crippen molar-refractivity contribution in [1.82, 2.24) is 25.0 Å². The predicted molar refractivity (Wildman–Crippen MR) is 107 cm³/mol. The summed E-state index contributed by atoms with van der Waals surface area (Å²) in [5.41, 5.74) is 3.93. The van der Waals surface area contributed by atoms with Gasteiger partial charge in [0.25, 0.3) is 0 Å². The van der Waals surface area contributed by atoms with E-state index in [1.165, 1.54) is 5.56 Å². The lowest BCUT2D eigenvalue weighted by Crippen LogP contribution is -2.42. The Hall–Kier alpha value is -3.08. The zero-order chi connectivity index (χ0) is 20.1. The lowest BCUT2D eigenvalue weighted by Gasteiger charge is -2.23. The van der Waals surface area contributed by atoms with Crippen LogP contribution in [0.3, 0.4) is 0 Å². The van der Waals surface area contributed by atoms with Gasteiger partial charge in [0.05, 0.1) is 11.3 Å². The Kier molecular flexibility index (Phi) is 6.14. The van der Waals surface area contributed by atoms with Crippen molar-refractivity contribution >= 4 is 11.8 Å². The molecule has 0 aromatic carbocycles.